The molecule has 6 heteroatoms. The number of aliphatic carboxylic acids is 1. The molecule has 1 saturated carbocycles. The van der Waals surface area contributed by atoms with E-state index in [4.69, 9.17) is 9.84 Å². The van der Waals surface area contributed by atoms with Gasteiger partial charge in [0.15, 0.2) is 5.69 Å². The van der Waals surface area contributed by atoms with Crippen LogP contribution < -0.4 is 0 Å². The Balaban J connectivity index is 2.04. The first-order chi connectivity index (χ1) is 9.11. The molecular weight excluding hydrogens is 248 g/mol. The molecule has 6 nitrogen and oxygen atoms in total. The van der Waals surface area contributed by atoms with E-state index in [9.17, 15) is 9.59 Å². The summed E-state index contributed by atoms with van der Waals surface area (Å²) in [4.78, 5) is 22.8. The fourth-order valence-corrected chi connectivity index (χ4v) is 3.41. The lowest BCUT2D eigenvalue weighted by atomic mass is 9.95. The Morgan fingerprint density at radius 2 is 2.16 bits per heavy atom. The molecule has 0 saturated heterocycles. The summed E-state index contributed by atoms with van der Waals surface area (Å²) < 4.78 is 6.50. The van der Waals surface area contributed by atoms with Gasteiger partial charge in [-0.15, -0.1) is 0 Å². The minimum atomic E-state index is -0.941. The zero-order valence-electron chi connectivity index (χ0n) is 10.8. The van der Waals surface area contributed by atoms with Gasteiger partial charge >= 0.3 is 11.9 Å². The number of ether oxygens (including phenoxy) is 1. The zero-order chi connectivity index (χ0) is 13.6. The van der Waals surface area contributed by atoms with Gasteiger partial charge in [-0.1, -0.05) is 0 Å². The average Bonchev–Trinajstić information content (AvgIpc) is 3.00. The maximum Gasteiger partial charge on any atom is 0.359 e. The minimum absolute atomic E-state index is 0.190. The number of carboxylic acids is 1. The number of hydrogen-bond acceptors (Lipinski definition) is 4. The number of nitrogens with zero attached hydrogens (tertiary/aromatic N) is 2. The molecule has 1 fully saturated rings. The Hall–Kier alpha value is -1.85. The van der Waals surface area contributed by atoms with Crippen molar-refractivity contribution >= 4 is 11.9 Å². The molecule has 3 rings (SSSR count). The monoisotopic (exact) mass is 264 g/mol. The van der Waals surface area contributed by atoms with Crippen molar-refractivity contribution in [3.8, 4) is 0 Å². The standard InChI is InChI=1S/C13H16N2O4/c1-2-19-13(18)11-10-7-3-4-8(5-7)12(10)15(14-11)6-9(16)17/h7-8H,2-6H2,1H3,(H,16,17). The molecule has 0 spiro atoms. The summed E-state index contributed by atoms with van der Waals surface area (Å²) in [5, 5.41) is 13.1. The van der Waals surface area contributed by atoms with Crippen LogP contribution >= 0.6 is 0 Å². The van der Waals surface area contributed by atoms with Crippen LogP contribution in [0.15, 0.2) is 0 Å². The van der Waals surface area contributed by atoms with Gasteiger partial charge in [0.2, 0.25) is 0 Å². The molecule has 2 bridgehead atoms. The third-order valence-electron chi connectivity index (χ3n) is 4.01. The molecule has 1 N–H and O–H groups in total. The van der Waals surface area contributed by atoms with Gasteiger partial charge in [0.1, 0.15) is 6.54 Å². The topological polar surface area (TPSA) is 81.4 Å². The van der Waals surface area contributed by atoms with Crippen molar-refractivity contribution in [3.63, 3.8) is 0 Å². The quantitative estimate of drug-likeness (QED) is 0.833. The molecule has 1 aromatic rings. The van der Waals surface area contributed by atoms with E-state index in [1.807, 2.05) is 0 Å². The molecule has 1 aromatic heterocycles. The van der Waals surface area contributed by atoms with Crippen molar-refractivity contribution in [2.45, 2.75) is 44.6 Å². The molecule has 2 aliphatic carbocycles. The molecule has 2 unspecified atom stereocenters. The van der Waals surface area contributed by atoms with Crippen LogP contribution in [-0.4, -0.2) is 33.4 Å². The molecule has 2 aliphatic rings. The molecule has 0 amide bonds. The molecule has 1 heterocycles. The number of carbonyl (C=O) groups excluding carboxylic acids is 1. The van der Waals surface area contributed by atoms with E-state index in [0.29, 0.717) is 24.1 Å². The van der Waals surface area contributed by atoms with Gasteiger partial charge in [-0.05, 0) is 32.1 Å². The Morgan fingerprint density at radius 1 is 1.42 bits per heavy atom. The van der Waals surface area contributed by atoms with E-state index >= 15 is 0 Å². The van der Waals surface area contributed by atoms with Crippen molar-refractivity contribution in [1.29, 1.82) is 0 Å². The van der Waals surface area contributed by atoms with Crippen LogP contribution in [0.3, 0.4) is 0 Å². The molecule has 0 aliphatic heterocycles. The van der Waals surface area contributed by atoms with E-state index in [0.717, 1.165) is 30.5 Å². The van der Waals surface area contributed by atoms with Gasteiger partial charge in [0.25, 0.3) is 0 Å². The lowest BCUT2D eigenvalue weighted by molar-refractivity contribution is -0.137. The van der Waals surface area contributed by atoms with Gasteiger partial charge < -0.3 is 9.84 Å². The molecule has 102 valence electrons. The third-order valence-corrected chi connectivity index (χ3v) is 4.01. The predicted octanol–water partition coefficient (Wildman–Crippen LogP) is 1.51. The first-order valence-corrected chi connectivity index (χ1v) is 6.61. The van der Waals surface area contributed by atoms with Crippen molar-refractivity contribution in [3.05, 3.63) is 17.0 Å². The van der Waals surface area contributed by atoms with E-state index in [-0.39, 0.29) is 6.54 Å². The van der Waals surface area contributed by atoms with Gasteiger partial charge in [-0.2, -0.15) is 5.10 Å². The van der Waals surface area contributed by atoms with E-state index < -0.39 is 11.9 Å². The number of aromatic nitrogens is 2. The van der Waals surface area contributed by atoms with Crippen molar-refractivity contribution < 1.29 is 19.4 Å². The number of fused-ring (bicyclic) bond motifs is 5. The molecular formula is C13H16N2O4. The maximum absolute atomic E-state index is 11.9. The van der Waals surface area contributed by atoms with Crippen LogP contribution in [0.4, 0.5) is 0 Å². The summed E-state index contributed by atoms with van der Waals surface area (Å²) in [7, 11) is 0. The van der Waals surface area contributed by atoms with E-state index in [1.54, 1.807) is 6.92 Å². The summed E-state index contributed by atoms with van der Waals surface area (Å²) in [6.07, 6.45) is 3.13. The van der Waals surface area contributed by atoms with Gasteiger partial charge in [0.05, 0.1) is 6.61 Å². The predicted molar refractivity (Wildman–Crippen MR) is 65.2 cm³/mol. The van der Waals surface area contributed by atoms with Gasteiger partial charge in [0, 0.05) is 17.2 Å². The minimum Gasteiger partial charge on any atom is -0.480 e. The van der Waals surface area contributed by atoms with Crippen LogP contribution in [0.1, 0.15) is 59.8 Å². The molecule has 0 aromatic carbocycles. The number of carboxylic acid groups (broad SMARTS) is 1. The third kappa shape index (κ3) is 1.82. The van der Waals surface area contributed by atoms with Gasteiger partial charge in [-0.3, -0.25) is 9.48 Å². The lowest BCUT2D eigenvalue weighted by Gasteiger charge is -2.12. The second-order valence-electron chi connectivity index (χ2n) is 5.13. The highest BCUT2D eigenvalue weighted by atomic mass is 16.5. The number of carbonyl (C=O) groups is 2. The maximum atomic E-state index is 11.9. The zero-order valence-corrected chi connectivity index (χ0v) is 10.8. The summed E-state index contributed by atoms with van der Waals surface area (Å²) >= 11 is 0. The van der Waals surface area contributed by atoms with Crippen LogP contribution in [0, 0.1) is 0 Å². The smallest absolute Gasteiger partial charge is 0.359 e. The Labute approximate surface area is 110 Å². The number of rotatable bonds is 4. The normalized spacial score (nSPS) is 23.4. The highest BCUT2D eigenvalue weighted by Crippen LogP contribution is 2.54. The SMILES string of the molecule is CCOC(=O)c1nn(CC(=O)O)c2c1C1CCC2C1. The van der Waals surface area contributed by atoms with Crippen LogP contribution in [0.5, 0.6) is 0 Å². The van der Waals surface area contributed by atoms with Crippen LogP contribution in [-0.2, 0) is 16.1 Å². The highest BCUT2D eigenvalue weighted by Gasteiger charge is 2.44. The second kappa shape index (κ2) is 4.36. The summed E-state index contributed by atoms with van der Waals surface area (Å²) in [6.45, 7) is 1.86. The molecule has 2 atom stereocenters. The first kappa shape index (κ1) is 12.2. The average molecular weight is 264 g/mol. The second-order valence-corrected chi connectivity index (χ2v) is 5.13. The fourth-order valence-electron chi connectivity index (χ4n) is 3.41. The Morgan fingerprint density at radius 3 is 2.84 bits per heavy atom. The van der Waals surface area contributed by atoms with Crippen molar-refractivity contribution in [2.75, 3.05) is 6.61 Å². The van der Waals surface area contributed by atoms with Crippen LogP contribution in [0.25, 0.3) is 0 Å². The summed E-state index contributed by atoms with van der Waals surface area (Å²) in [5.74, 6) is -0.670. The van der Waals surface area contributed by atoms with Crippen molar-refractivity contribution in [2.24, 2.45) is 0 Å². The first-order valence-electron chi connectivity index (χ1n) is 6.61. The summed E-state index contributed by atoms with van der Waals surface area (Å²) in [6, 6.07) is 0. The number of esters is 1. The number of hydrogen-bond donors (Lipinski definition) is 1. The Bertz CT molecular complexity index is 549. The Kier molecular flexibility index (Phi) is 2.80. The largest absolute Gasteiger partial charge is 0.480 e. The van der Waals surface area contributed by atoms with Gasteiger partial charge in [-0.25, -0.2) is 4.79 Å². The lowest BCUT2D eigenvalue weighted by Crippen LogP contribution is -2.15. The summed E-state index contributed by atoms with van der Waals surface area (Å²) in [5.41, 5.74) is 2.21. The highest BCUT2D eigenvalue weighted by molar-refractivity contribution is 5.90. The van der Waals surface area contributed by atoms with E-state index in [2.05, 4.69) is 5.10 Å². The van der Waals surface area contributed by atoms with Crippen molar-refractivity contribution in [1.82, 2.24) is 9.78 Å². The van der Waals surface area contributed by atoms with E-state index in [1.165, 1.54) is 4.68 Å². The molecule has 0 radical (unpaired) electrons. The fraction of sp³-hybridized carbons (Fsp3) is 0.615. The molecule has 19 heavy (non-hydrogen) atoms. The van der Waals surface area contributed by atoms with Crippen LogP contribution in [0.2, 0.25) is 0 Å².